The number of benzene rings is 1. The first-order chi connectivity index (χ1) is 14.7. The van der Waals surface area contributed by atoms with E-state index >= 15 is 0 Å². The van der Waals surface area contributed by atoms with Crippen LogP contribution in [0.25, 0.3) is 11.2 Å². The molecule has 0 amide bonds. The van der Waals surface area contributed by atoms with Crippen LogP contribution in [-0.2, 0) is 16.1 Å². The van der Waals surface area contributed by atoms with E-state index in [0.29, 0.717) is 11.4 Å². The Hall–Kier alpha value is -2.53. The van der Waals surface area contributed by atoms with Gasteiger partial charge in [0, 0.05) is 51.9 Å². The van der Waals surface area contributed by atoms with Crippen LogP contribution >= 0.6 is 11.8 Å². The van der Waals surface area contributed by atoms with Crippen LogP contribution in [0.5, 0.6) is 0 Å². The van der Waals surface area contributed by atoms with Crippen LogP contribution in [0.15, 0.2) is 48.0 Å². The molecule has 1 aromatic carbocycles. The highest BCUT2D eigenvalue weighted by molar-refractivity contribution is 7.99. The normalized spacial score (nSPS) is 16.0. The van der Waals surface area contributed by atoms with Gasteiger partial charge in [-0.1, -0.05) is 30.3 Å². The fourth-order valence-corrected chi connectivity index (χ4v) is 4.58. The van der Waals surface area contributed by atoms with Crippen molar-refractivity contribution in [2.24, 2.45) is 0 Å². The van der Waals surface area contributed by atoms with Crippen molar-refractivity contribution in [3.05, 3.63) is 48.5 Å². The van der Waals surface area contributed by atoms with Gasteiger partial charge in [0.2, 0.25) is 0 Å². The average molecular weight is 445 g/mol. The fraction of sp³-hybridized carbons (Fsp3) is 0.429. The number of hydrogen-bond acceptors (Lipinski definition) is 8. The number of carbonyl (C=O) groups is 1. The molecular weight excluding hydrogens is 416 g/mol. The monoisotopic (exact) mass is 444 g/mol. The number of aromatic nitrogens is 4. The summed E-state index contributed by atoms with van der Waals surface area (Å²) < 4.78 is 5.61. The van der Waals surface area contributed by atoms with Crippen LogP contribution in [0.3, 0.4) is 0 Å². The largest absolute Gasteiger partial charge is 0.460 e. The van der Waals surface area contributed by atoms with E-state index in [2.05, 4.69) is 54.0 Å². The van der Waals surface area contributed by atoms with E-state index in [-0.39, 0.29) is 17.5 Å². The van der Waals surface area contributed by atoms with Gasteiger partial charge in [0.05, 0.1) is 6.33 Å². The summed E-state index contributed by atoms with van der Waals surface area (Å²) in [5.41, 5.74) is 2.81. The number of carbonyl (C=O) groups excluding carboxylic acids is 1. The zero-order valence-corrected chi connectivity index (χ0v) is 18.3. The topological polar surface area (TPSA) is 119 Å². The molecule has 1 aliphatic heterocycles. The molecule has 1 fully saturated rings. The predicted molar refractivity (Wildman–Crippen MR) is 120 cm³/mol. The Morgan fingerprint density at radius 1 is 1.13 bits per heavy atom. The number of nitrogens with zero attached hydrogens (tertiary/aromatic N) is 5. The van der Waals surface area contributed by atoms with Gasteiger partial charge in [0.25, 0.3) is 0 Å². The van der Waals surface area contributed by atoms with E-state index in [1.54, 1.807) is 18.1 Å². The highest BCUT2D eigenvalue weighted by Crippen LogP contribution is 2.23. The van der Waals surface area contributed by atoms with Crippen molar-refractivity contribution in [1.29, 1.82) is 0 Å². The molecule has 3 aromatic rings. The maximum atomic E-state index is 11.6. The molecule has 3 heterocycles. The van der Waals surface area contributed by atoms with E-state index in [9.17, 15) is 4.79 Å². The molecule has 1 aliphatic rings. The SMILES string of the molecule is CC(=O)OC(CSc1ncnc2nc[nH]c12)CN1CCN(Cc2ccccc2)CC1.O. The Kier molecular flexibility index (Phi) is 8.35. The van der Waals surface area contributed by atoms with E-state index in [4.69, 9.17) is 4.74 Å². The highest BCUT2D eigenvalue weighted by Gasteiger charge is 2.22. The lowest BCUT2D eigenvalue weighted by molar-refractivity contribution is -0.146. The number of rotatable bonds is 8. The minimum absolute atomic E-state index is 0. The lowest BCUT2D eigenvalue weighted by Gasteiger charge is -2.36. The summed E-state index contributed by atoms with van der Waals surface area (Å²) in [6, 6.07) is 10.6. The van der Waals surface area contributed by atoms with Gasteiger partial charge in [-0.15, -0.1) is 11.8 Å². The second kappa shape index (κ2) is 11.2. The molecular formula is C21H28N6O3S. The molecule has 3 N–H and O–H groups in total. The van der Waals surface area contributed by atoms with Crippen molar-refractivity contribution in [2.75, 3.05) is 38.5 Å². The summed E-state index contributed by atoms with van der Waals surface area (Å²) in [5.74, 6) is 0.382. The molecule has 0 aliphatic carbocycles. The number of piperazine rings is 1. The first-order valence-electron chi connectivity index (χ1n) is 10.1. The van der Waals surface area contributed by atoms with Crippen LogP contribution in [-0.4, -0.2) is 85.8 Å². The van der Waals surface area contributed by atoms with Crippen LogP contribution in [0, 0.1) is 0 Å². The molecule has 0 saturated carbocycles. The molecule has 0 bridgehead atoms. The van der Waals surface area contributed by atoms with E-state index in [1.165, 1.54) is 18.8 Å². The smallest absolute Gasteiger partial charge is 0.302 e. The lowest BCUT2D eigenvalue weighted by Crippen LogP contribution is -2.49. The Bertz CT molecular complexity index is 962. The summed E-state index contributed by atoms with van der Waals surface area (Å²) in [6.45, 7) is 7.12. The van der Waals surface area contributed by atoms with Gasteiger partial charge >= 0.3 is 5.97 Å². The van der Waals surface area contributed by atoms with Crippen LogP contribution in [0.1, 0.15) is 12.5 Å². The van der Waals surface area contributed by atoms with Gasteiger partial charge in [-0.3, -0.25) is 14.6 Å². The molecule has 1 saturated heterocycles. The maximum absolute atomic E-state index is 11.6. The molecule has 1 atom stereocenters. The lowest BCUT2D eigenvalue weighted by atomic mass is 10.2. The molecule has 4 rings (SSSR count). The number of H-pyrrole nitrogens is 1. The summed E-state index contributed by atoms with van der Waals surface area (Å²) in [5, 5.41) is 0.822. The number of hydrogen-bond donors (Lipinski definition) is 1. The van der Waals surface area contributed by atoms with Gasteiger partial charge in [-0.2, -0.15) is 0 Å². The minimum atomic E-state index is -0.252. The third kappa shape index (κ3) is 6.47. The third-order valence-corrected chi connectivity index (χ3v) is 6.22. The van der Waals surface area contributed by atoms with E-state index < -0.39 is 0 Å². The minimum Gasteiger partial charge on any atom is -0.460 e. The Morgan fingerprint density at radius 2 is 1.87 bits per heavy atom. The van der Waals surface area contributed by atoms with Gasteiger partial charge in [-0.25, -0.2) is 15.0 Å². The number of aromatic amines is 1. The second-order valence-electron chi connectivity index (χ2n) is 7.38. The predicted octanol–water partition coefficient (Wildman–Crippen LogP) is 1.37. The number of imidazole rings is 1. The number of ether oxygens (including phenoxy) is 1. The number of nitrogens with one attached hydrogen (secondary N) is 1. The molecule has 10 heteroatoms. The number of thioether (sulfide) groups is 1. The van der Waals surface area contributed by atoms with Crippen molar-refractivity contribution in [1.82, 2.24) is 29.7 Å². The van der Waals surface area contributed by atoms with Crippen molar-refractivity contribution in [2.45, 2.75) is 24.6 Å². The standard InChI is InChI=1S/C21H26N6O2S.H2O/c1-16(28)29-18(13-30-21-19-20(23-14-22-19)24-15-25-21)12-27-9-7-26(8-10-27)11-17-5-3-2-4-6-17;/h2-6,14-15,18H,7-13H2,1H3,(H,22,23,24,25);1H2. The summed E-state index contributed by atoms with van der Waals surface area (Å²) in [4.78, 5) is 32.2. The maximum Gasteiger partial charge on any atom is 0.302 e. The first kappa shape index (κ1) is 23.1. The summed E-state index contributed by atoms with van der Waals surface area (Å²) in [7, 11) is 0. The Morgan fingerprint density at radius 3 is 2.61 bits per heavy atom. The summed E-state index contributed by atoms with van der Waals surface area (Å²) >= 11 is 1.56. The zero-order chi connectivity index (χ0) is 20.8. The first-order valence-corrected chi connectivity index (χ1v) is 11.1. The average Bonchev–Trinajstić information content (AvgIpc) is 3.23. The van der Waals surface area contributed by atoms with Gasteiger partial charge in [0.15, 0.2) is 5.65 Å². The fourth-order valence-electron chi connectivity index (χ4n) is 3.64. The van der Waals surface area contributed by atoms with Crippen molar-refractivity contribution < 1.29 is 15.0 Å². The second-order valence-corrected chi connectivity index (χ2v) is 8.39. The number of fused-ring (bicyclic) bond motifs is 1. The molecule has 9 nitrogen and oxygen atoms in total. The quantitative estimate of drug-likeness (QED) is 0.314. The molecule has 2 aromatic heterocycles. The van der Waals surface area contributed by atoms with Crippen molar-refractivity contribution >= 4 is 28.9 Å². The van der Waals surface area contributed by atoms with Gasteiger partial charge in [0.1, 0.15) is 23.0 Å². The molecule has 1 unspecified atom stereocenters. The highest BCUT2D eigenvalue weighted by atomic mass is 32.2. The van der Waals surface area contributed by atoms with Gasteiger partial charge < -0.3 is 15.2 Å². The van der Waals surface area contributed by atoms with Crippen molar-refractivity contribution in [3.63, 3.8) is 0 Å². The molecule has 31 heavy (non-hydrogen) atoms. The van der Waals surface area contributed by atoms with Crippen LogP contribution in [0.2, 0.25) is 0 Å². The van der Waals surface area contributed by atoms with Crippen LogP contribution < -0.4 is 0 Å². The van der Waals surface area contributed by atoms with Crippen molar-refractivity contribution in [3.8, 4) is 0 Å². The third-order valence-electron chi connectivity index (χ3n) is 5.10. The van der Waals surface area contributed by atoms with E-state index in [1.807, 2.05) is 6.07 Å². The Balaban J connectivity index is 0.00000272. The summed E-state index contributed by atoms with van der Waals surface area (Å²) in [6.07, 6.45) is 2.93. The Labute approximate surface area is 185 Å². The van der Waals surface area contributed by atoms with Crippen LogP contribution in [0.4, 0.5) is 0 Å². The molecule has 166 valence electrons. The van der Waals surface area contributed by atoms with E-state index in [0.717, 1.165) is 49.8 Å². The van der Waals surface area contributed by atoms with Gasteiger partial charge in [-0.05, 0) is 5.56 Å². The molecule has 0 radical (unpaired) electrons. The zero-order valence-electron chi connectivity index (χ0n) is 17.5. The number of esters is 1. The molecule has 0 spiro atoms.